The topological polar surface area (TPSA) is 97.1 Å². The molecule has 4 rings (SSSR count). The van der Waals surface area contributed by atoms with Gasteiger partial charge in [-0.3, -0.25) is 9.36 Å². The molecular weight excluding hydrogens is 382 g/mol. The fraction of sp³-hybridized carbons (Fsp3) is 0.261. The van der Waals surface area contributed by atoms with Gasteiger partial charge in [0.25, 0.3) is 5.56 Å². The number of aryl methyl sites for hydroxylation is 1. The first-order valence-electron chi connectivity index (χ1n) is 9.92. The second kappa shape index (κ2) is 7.33. The summed E-state index contributed by atoms with van der Waals surface area (Å²) < 4.78 is 2.40. The summed E-state index contributed by atoms with van der Waals surface area (Å²) in [6.45, 7) is 5.54. The number of hydrogen-bond donors (Lipinski definition) is 2. The van der Waals surface area contributed by atoms with Crippen molar-refractivity contribution in [2.75, 3.05) is 0 Å². The maximum Gasteiger partial charge on any atom is 0.332 e. The lowest BCUT2D eigenvalue weighted by molar-refractivity contribution is -0.141. The van der Waals surface area contributed by atoms with Gasteiger partial charge in [0.15, 0.2) is 0 Å². The third-order valence-corrected chi connectivity index (χ3v) is 5.79. The van der Waals surface area contributed by atoms with Crippen LogP contribution < -0.4 is 11.2 Å². The number of nitrogens with one attached hydrogen (secondary N) is 1. The number of nitrogens with zero attached hydrogens (tertiary/aromatic N) is 2. The van der Waals surface area contributed by atoms with Crippen molar-refractivity contribution < 1.29 is 9.90 Å². The van der Waals surface area contributed by atoms with Crippen LogP contribution in [0.25, 0.3) is 21.8 Å². The van der Waals surface area contributed by atoms with Crippen molar-refractivity contribution in [2.45, 2.75) is 39.3 Å². The van der Waals surface area contributed by atoms with Gasteiger partial charge in [0, 0.05) is 22.7 Å². The van der Waals surface area contributed by atoms with Gasteiger partial charge in [-0.2, -0.15) is 0 Å². The number of carbonyl (C=O) groups is 1. The average molecular weight is 405 g/mol. The molecule has 154 valence electrons. The number of rotatable bonds is 5. The maximum absolute atomic E-state index is 13.5. The van der Waals surface area contributed by atoms with E-state index in [0.717, 1.165) is 26.6 Å². The van der Waals surface area contributed by atoms with Gasteiger partial charge in [-0.05, 0) is 44.0 Å². The van der Waals surface area contributed by atoms with Crippen LogP contribution in [0.5, 0.6) is 0 Å². The van der Waals surface area contributed by atoms with E-state index in [2.05, 4.69) is 4.98 Å². The average Bonchev–Trinajstić information content (AvgIpc) is 3.16. The Morgan fingerprint density at radius 1 is 1.10 bits per heavy atom. The first-order valence-corrected chi connectivity index (χ1v) is 9.92. The van der Waals surface area contributed by atoms with Gasteiger partial charge in [0.2, 0.25) is 0 Å². The number of carboxylic acids is 1. The molecule has 0 aliphatic heterocycles. The lowest BCUT2D eigenvalue weighted by atomic mass is 10.0. The van der Waals surface area contributed by atoms with Crippen LogP contribution in [0, 0.1) is 6.92 Å². The molecule has 0 radical (unpaired) electrons. The minimum absolute atomic E-state index is 0.128. The molecule has 7 heteroatoms. The third-order valence-electron chi connectivity index (χ3n) is 5.79. The zero-order chi connectivity index (χ0) is 21.6. The van der Waals surface area contributed by atoms with Gasteiger partial charge < -0.3 is 10.1 Å². The summed E-state index contributed by atoms with van der Waals surface area (Å²) in [6, 6.07) is 11.1. The summed E-state index contributed by atoms with van der Waals surface area (Å²) in [7, 11) is 0. The van der Waals surface area contributed by atoms with Crippen LogP contribution in [-0.2, 0) is 4.79 Å². The van der Waals surface area contributed by atoms with E-state index in [1.54, 1.807) is 31.2 Å². The van der Waals surface area contributed by atoms with Crippen molar-refractivity contribution in [3.8, 4) is 0 Å². The van der Waals surface area contributed by atoms with E-state index >= 15 is 0 Å². The number of hydrogen-bond acceptors (Lipinski definition) is 3. The van der Waals surface area contributed by atoms with Crippen LogP contribution >= 0.6 is 0 Å². The Hall–Kier alpha value is -3.61. The Bertz CT molecular complexity index is 1390. The van der Waals surface area contributed by atoms with Gasteiger partial charge in [-0.15, -0.1) is 0 Å². The lowest BCUT2D eigenvalue weighted by Gasteiger charge is -2.22. The first kappa shape index (κ1) is 19.7. The molecule has 0 aliphatic carbocycles. The van der Waals surface area contributed by atoms with Crippen molar-refractivity contribution >= 4 is 27.8 Å². The molecule has 0 spiro atoms. The van der Waals surface area contributed by atoms with Gasteiger partial charge in [0.05, 0.1) is 16.9 Å². The van der Waals surface area contributed by atoms with Crippen LogP contribution in [0.4, 0.5) is 0 Å². The summed E-state index contributed by atoms with van der Waals surface area (Å²) >= 11 is 0. The fourth-order valence-corrected chi connectivity index (χ4v) is 4.28. The summed E-state index contributed by atoms with van der Waals surface area (Å²) in [5.74, 6) is -1.20. The number of benzene rings is 2. The highest BCUT2D eigenvalue weighted by Crippen LogP contribution is 2.30. The van der Waals surface area contributed by atoms with Gasteiger partial charge in [-0.25, -0.2) is 14.2 Å². The van der Waals surface area contributed by atoms with Crippen molar-refractivity contribution in [3.05, 3.63) is 80.6 Å². The van der Waals surface area contributed by atoms with E-state index in [0.29, 0.717) is 10.9 Å². The first-order chi connectivity index (χ1) is 14.4. The zero-order valence-electron chi connectivity index (χ0n) is 17.0. The minimum atomic E-state index is -1.22. The molecule has 2 atom stereocenters. The van der Waals surface area contributed by atoms with Crippen LogP contribution in [0.15, 0.2) is 58.3 Å². The number of aromatic amines is 1. The molecular formula is C23H23N3O4. The molecule has 30 heavy (non-hydrogen) atoms. The highest BCUT2D eigenvalue weighted by molar-refractivity contribution is 5.87. The van der Waals surface area contributed by atoms with Gasteiger partial charge in [0.1, 0.15) is 6.04 Å². The second-order valence-corrected chi connectivity index (χ2v) is 7.52. The number of para-hydroxylation sites is 1. The van der Waals surface area contributed by atoms with Gasteiger partial charge >= 0.3 is 11.7 Å². The summed E-state index contributed by atoms with van der Waals surface area (Å²) in [6.07, 6.45) is 2.00. The monoisotopic (exact) mass is 405 g/mol. The van der Waals surface area contributed by atoms with Crippen LogP contribution in [0.3, 0.4) is 0 Å². The molecule has 0 saturated carbocycles. The summed E-state index contributed by atoms with van der Waals surface area (Å²) in [4.78, 5) is 41.6. The van der Waals surface area contributed by atoms with E-state index < -0.39 is 29.3 Å². The van der Waals surface area contributed by atoms with E-state index in [4.69, 9.17) is 0 Å². The molecule has 0 amide bonds. The summed E-state index contributed by atoms with van der Waals surface area (Å²) in [5.41, 5.74) is 2.22. The summed E-state index contributed by atoms with van der Waals surface area (Å²) in [5, 5.41) is 11.0. The van der Waals surface area contributed by atoms with E-state index in [-0.39, 0.29) is 6.42 Å². The number of H-pyrrole nitrogens is 1. The Labute approximate surface area is 172 Å². The highest BCUT2D eigenvalue weighted by Gasteiger charge is 2.27. The number of carboxylic acid groups (broad SMARTS) is 1. The fourth-order valence-electron chi connectivity index (χ4n) is 4.28. The molecule has 4 aromatic rings. The smallest absolute Gasteiger partial charge is 0.332 e. The van der Waals surface area contributed by atoms with E-state index in [1.165, 1.54) is 4.57 Å². The SMILES string of the molecule is CCC(C(=O)O)n1c(=O)c2ccccc2n(C(C)c2c[nH]c3cccc(C)c23)c1=O. The van der Waals surface area contributed by atoms with Crippen LogP contribution in [-0.4, -0.2) is 25.2 Å². The molecule has 0 aliphatic rings. The molecule has 0 bridgehead atoms. The van der Waals surface area contributed by atoms with Gasteiger partial charge in [-0.1, -0.05) is 31.2 Å². The highest BCUT2D eigenvalue weighted by atomic mass is 16.4. The predicted molar refractivity (Wildman–Crippen MR) is 116 cm³/mol. The largest absolute Gasteiger partial charge is 0.480 e. The zero-order valence-corrected chi connectivity index (χ0v) is 17.0. The molecule has 7 nitrogen and oxygen atoms in total. The van der Waals surface area contributed by atoms with E-state index in [9.17, 15) is 19.5 Å². The predicted octanol–water partition coefficient (Wildman–Crippen LogP) is 3.60. The lowest BCUT2D eigenvalue weighted by Crippen LogP contribution is -2.45. The van der Waals surface area contributed by atoms with Crippen molar-refractivity contribution in [1.82, 2.24) is 14.1 Å². The molecule has 2 heterocycles. The second-order valence-electron chi connectivity index (χ2n) is 7.52. The Balaban J connectivity index is 2.09. The quantitative estimate of drug-likeness (QED) is 0.530. The molecule has 0 saturated heterocycles. The normalized spacial score (nSPS) is 13.6. The molecule has 2 N–H and O–H groups in total. The van der Waals surface area contributed by atoms with E-state index in [1.807, 2.05) is 38.2 Å². The maximum atomic E-state index is 13.5. The number of aromatic nitrogens is 3. The Kier molecular flexibility index (Phi) is 4.81. The molecule has 0 fully saturated rings. The third kappa shape index (κ3) is 2.85. The van der Waals surface area contributed by atoms with Crippen LogP contribution in [0.1, 0.15) is 43.5 Å². The standard InChI is InChI=1S/C23H23N3O4/c1-4-18(22(28)29)26-21(27)15-9-5-6-11-19(15)25(23(26)30)14(3)16-12-24-17-10-7-8-13(2)20(16)17/h5-12,14,18,24H,4H2,1-3H3,(H,28,29). The van der Waals surface area contributed by atoms with Crippen molar-refractivity contribution in [2.24, 2.45) is 0 Å². The molecule has 2 aromatic carbocycles. The number of fused-ring (bicyclic) bond motifs is 2. The molecule has 2 unspecified atom stereocenters. The van der Waals surface area contributed by atoms with Crippen LogP contribution in [0.2, 0.25) is 0 Å². The van der Waals surface area contributed by atoms with Crippen molar-refractivity contribution in [3.63, 3.8) is 0 Å². The Morgan fingerprint density at radius 2 is 1.83 bits per heavy atom. The van der Waals surface area contributed by atoms with Crippen molar-refractivity contribution in [1.29, 1.82) is 0 Å². The number of aliphatic carboxylic acids is 1. The molecule has 2 aromatic heterocycles. The Morgan fingerprint density at radius 3 is 2.53 bits per heavy atom. The minimum Gasteiger partial charge on any atom is -0.480 e.